The maximum atomic E-state index is 13.3. The SMILES string of the molecule is C[C@H](N)c1nc(-c2ccc(F)c(F)c2Br)no1. The smallest absolute Gasteiger partial charge is 0.243 e. The van der Waals surface area contributed by atoms with Crippen LogP contribution in [0.25, 0.3) is 11.4 Å². The molecule has 0 spiro atoms. The monoisotopic (exact) mass is 303 g/mol. The van der Waals surface area contributed by atoms with Crippen molar-refractivity contribution in [2.75, 3.05) is 0 Å². The standard InChI is InChI=1S/C10H8BrF2N3O/c1-4(14)10-15-9(16-17-10)5-2-3-6(12)8(13)7(5)11/h2-4H,14H2,1H3/t4-/m0/s1. The van der Waals surface area contributed by atoms with Crippen LogP contribution in [-0.4, -0.2) is 10.1 Å². The van der Waals surface area contributed by atoms with Gasteiger partial charge in [-0.2, -0.15) is 4.98 Å². The predicted octanol–water partition coefficient (Wildman–Crippen LogP) is 2.80. The summed E-state index contributed by atoms with van der Waals surface area (Å²) in [7, 11) is 0. The molecular formula is C10H8BrF2N3O. The second-order valence-corrected chi connectivity index (χ2v) is 4.26. The van der Waals surface area contributed by atoms with E-state index in [1.165, 1.54) is 6.07 Å². The molecule has 2 aromatic rings. The van der Waals surface area contributed by atoms with E-state index in [4.69, 9.17) is 10.3 Å². The van der Waals surface area contributed by atoms with Gasteiger partial charge in [0.2, 0.25) is 11.7 Å². The molecule has 0 aliphatic rings. The van der Waals surface area contributed by atoms with Gasteiger partial charge in [0, 0.05) is 5.56 Å². The Morgan fingerprint density at radius 3 is 2.71 bits per heavy atom. The van der Waals surface area contributed by atoms with Crippen molar-refractivity contribution in [3.8, 4) is 11.4 Å². The van der Waals surface area contributed by atoms with E-state index >= 15 is 0 Å². The molecule has 0 radical (unpaired) electrons. The summed E-state index contributed by atoms with van der Waals surface area (Å²) in [6.07, 6.45) is 0. The molecule has 0 fully saturated rings. The van der Waals surface area contributed by atoms with Gasteiger partial charge in [-0.1, -0.05) is 5.16 Å². The van der Waals surface area contributed by atoms with Gasteiger partial charge in [-0.05, 0) is 35.0 Å². The molecule has 1 atom stereocenters. The Morgan fingerprint density at radius 2 is 2.12 bits per heavy atom. The van der Waals surface area contributed by atoms with Crippen molar-refractivity contribution in [1.82, 2.24) is 10.1 Å². The Balaban J connectivity index is 2.49. The van der Waals surface area contributed by atoms with E-state index in [0.717, 1.165) is 6.07 Å². The van der Waals surface area contributed by atoms with E-state index < -0.39 is 17.7 Å². The van der Waals surface area contributed by atoms with Crippen molar-refractivity contribution < 1.29 is 13.3 Å². The van der Waals surface area contributed by atoms with Gasteiger partial charge < -0.3 is 10.3 Å². The summed E-state index contributed by atoms with van der Waals surface area (Å²) in [5.74, 6) is -1.55. The highest BCUT2D eigenvalue weighted by molar-refractivity contribution is 9.10. The second-order valence-electron chi connectivity index (χ2n) is 3.47. The molecule has 1 aromatic carbocycles. The highest BCUT2D eigenvalue weighted by Crippen LogP contribution is 2.30. The minimum absolute atomic E-state index is 0.0467. The molecule has 7 heteroatoms. The van der Waals surface area contributed by atoms with Gasteiger partial charge in [0.25, 0.3) is 0 Å². The lowest BCUT2D eigenvalue weighted by Crippen LogP contribution is -2.04. The van der Waals surface area contributed by atoms with Crippen LogP contribution in [0.1, 0.15) is 18.9 Å². The van der Waals surface area contributed by atoms with E-state index in [1.54, 1.807) is 6.92 Å². The lowest BCUT2D eigenvalue weighted by Gasteiger charge is -2.01. The topological polar surface area (TPSA) is 64.9 Å². The summed E-state index contributed by atoms with van der Waals surface area (Å²) >= 11 is 2.95. The van der Waals surface area contributed by atoms with Gasteiger partial charge in [-0.3, -0.25) is 0 Å². The quantitative estimate of drug-likeness (QED) is 0.866. The Kier molecular flexibility index (Phi) is 3.21. The second kappa shape index (κ2) is 4.50. The van der Waals surface area contributed by atoms with Crippen molar-refractivity contribution in [2.24, 2.45) is 5.73 Å². The van der Waals surface area contributed by atoms with Crippen LogP contribution in [-0.2, 0) is 0 Å². The third kappa shape index (κ3) is 2.20. The lowest BCUT2D eigenvalue weighted by atomic mass is 10.2. The highest BCUT2D eigenvalue weighted by Gasteiger charge is 2.18. The highest BCUT2D eigenvalue weighted by atomic mass is 79.9. The molecular weight excluding hydrogens is 296 g/mol. The van der Waals surface area contributed by atoms with Crippen LogP contribution in [0, 0.1) is 11.6 Å². The first-order chi connectivity index (χ1) is 8.00. The maximum absolute atomic E-state index is 13.3. The Labute approximate surface area is 104 Å². The van der Waals surface area contributed by atoms with E-state index in [2.05, 4.69) is 26.1 Å². The minimum Gasteiger partial charge on any atom is -0.337 e. The summed E-state index contributed by atoms with van der Waals surface area (Å²) < 4.78 is 31.1. The normalized spacial score (nSPS) is 12.8. The lowest BCUT2D eigenvalue weighted by molar-refractivity contribution is 0.362. The first-order valence-electron chi connectivity index (χ1n) is 4.73. The van der Waals surface area contributed by atoms with Crippen LogP contribution in [0.4, 0.5) is 8.78 Å². The molecule has 0 aliphatic carbocycles. The average molecular weight is 304 g/mol. The third-order valence-corrected chi connectivity index (χ3v) is 2.88. The van der Waals surface area contributed by atoms with Gasteiger partial charge in [-0.25, -0.2) is 8.78 Å². The number of nitrogens with two attached hydrogens (primary N) is 1. The minimum atomic E-state index is -0.991. The number of nitrogens with zero attached hydrogens (tertiary/aromatic N) is 2. The fourth-order valence-electron chi connectivity index (χ4n) is 1.23. The zero-order valence-corrected chi connectivity index (χ0v) is 10.3. The van der Waals surface area contributed by atoms with Crippen molar-refractivity contribution in [2.45, 2.75) is 13.0 Å². The summed E-state index contributed by atoms with van der Waals surface area (Å²) in [4.78, 5) is 3.99. The average Bonchev–Trinajstić information content (AvgIpc) is 2.75. The van der Waals surface area contributed by atoms with Crippen LogP contribution in [0.5, 0.6) is 0 Å². The molecule has 2 N–H and O–H groups in total. The Morgan fingerprint density at radius 1 is 1.41 bits per heavy atom. The summed E-state index contributed by atoms with van der Waals surface area (Å²) in [6, 6.07) is 1.94. The molecule has 0 unspecified atom stereocenters. The number of benzene rings is 1. The molecule has 0 saturated carbocycles. The fourth-order valence-corrected chi connectivity index (χ4v) is 1.73. The predicted molar refractivity (Wildman–Crippen MR) is 60.0 cm³/mol. The summed E-state index contributed by atoms with van der Waals surface area (Å²) in [5.41, 5.74) is 5.86. The summed E-state index contributed by atoms with van der Waals surface area (Å²) in [5, 5.41) is 3.65. The zero-order valence-electron chi connectivity index (χ0n) is 8.75. The molecule has 0 saturated heterocycles. The van der Waals surface area contributed by atoms with Crippen LogP contribution in [0.2, 0.25) is 0 Å². The molecule has 2 rings (SSSR count). The molecule has 0 amide bonds. The van der Waals surface area contributed by atoms with E-state index in [9.17, 15) is 8.78 Å². The third-order valence-electron chi connectivity index (χ3n) is 2.11. The first kappa shape index (κ1) is 12.1. The molecule has 0 bridgehead atoms. The number of rotatable bonds is 2. The molecule has 17 heavy (non-hydrogen) atoms. The molecule has 90 valence electrons. The summed E-state index contributed by atoms with van der Waals surface area (Å²) in [6.45, 7) is 1.68. The van der Waals surface area contributed by atoms with Crippen molar-refractivity contribution in [1.29, 1.82) is 0 Å². The van der Waals surface area contributed by atoms with E-state index in [-0.39, 0.29) is 16.2 Å². The van der Waals surface area contributed by atoms with Gasteiger partial charge in [0.05, 0.1) is 10.5 Å². The van der Waals surface area contributed by atoms with Crippen LogP contribution in [0.15, 0.2) is 21.1 Å². The largest absolute Gasteiger partial charge is 0.337 e. The number of aromatic nitrogens is 2. The van der Waals surface area contributed by atoms with Gasteiger partial charge >= 0.3 is 0 Å². The van der Waals surface area contributed by atoms with Gasteiger partial charge in [0.1, 0.15) is 0 Å². The van der Waals surface area contributed by atoms with Crippen molar-refractivity contribution >= 4 is 15.9 Å². The van der Waals surface area contributed by atoms with Crippen LogP contribution >= 0.6 is 15.9 Å². The van der Waals surface area contributed by atoms with E-state index in [1.807, 2.05) is 0 Å². The molecule has 1 aromatic heterocycles. The fraction of sp³-hybridized carbons (Fsp3) is 0.200. The number of hydrogen-bond donors (Lipinski definition) is 1. The Bertz CT molecular complexity index is 556. The van der Waals surface area contributed by atoms with E-state index in [0.29, 0.717) is 5.56 Å². The van der Waals surface area contributed by atoms with Gasteiger partial charge in [0.15, 0.2) is 11.6 Å². The zero-order chi connectivity index (χ0) is 12.6. The first-order valence-corrected chi connectivity index (χ1v) is 5.53. The van der Waals surface area contributed by atoms with Crippen molar-refractivity contribution in [3.63, 3.8) is 0 Å². The maximum Gasteiger partial charge on any atom is 0.243 e. The van der Waals surface area contributed by atoms with Crippen molar-refractivity contribution in [3.05, 3.63) is 34.1 Å². The van der Waals surface area contributed by atoms with Gasteiger partial charge in [-0.15, -0.1) is 0 Å². The van der Waals surface area contributed by atoms with Crippen LogP contribution < -0.4 is 5.73 Å². The number of halogens is 3. The molecule has 1 heterocycles. The number of hydrogen-bond acceptors (Lipinski definition) is 4. The van der Waals surface area contributed by atoms with Crippen LogP contribution in [0.3, 0.4) is 0 Å². The molecule has 0 aliphatic heterocycles. The Hall–Kier alpha value is -1.34. The molecule has 4 nitrogen and oxygen atoms in total.